The number of nitrogens with two attached hydrogens (primary N) is 1. The summed E-state index contributed by atoms with van der Waals surface area (Å²) < 4.78 is 12.2. The number of hydrogen-bond acceptors (Lipinski definition) is 7. The maximum absolute atomic E-state index is 11.6. The minimum Gasteiger partial charge on any atom is -0.478 e. The molecule has 9 heteroatoms. The van der Waals surface area contributed by atoms with Gasteiger partial charge < -0.3 is 30.3 Å². The highest BCUT2D eigenvalue weighted by atomic mass is 16.6. The highest BCUT2D eigenvalue weighted by Gasteiger charge is 2.17. The molecule has 0 saturated carbocycles. The van der Waals surface area contributed by atoms with Crippen LogP contribution in [-0.4, -0.2) is 84.2 Å². The standard InChI is InChI=1S/C19H36N6O3.C2H6/c1-19(2,3)28-18(26)21-7-5-8-23-11-13-24(14-12-23)9-6-10-25-15-16(20)17(22-25)27-4;1-2/h15H,5-14,20H2,1-4H3,(H,21,26);1-2H3. The van der Waals surface area contributed by atoms with Crippen LogP contribution in [0, 0.1) is 0 Å². The first-order valence-electron chi connectivity index (χ1n) is 11.1. The fourth-order valence-corrected chi connectivity index (χ4v) is 3.19. The Balaban J connectivity index is 0.00000218. The van der Waals surface area contributed by atoms with Crippen LogP contribution in [0.1, 0.15) is 47.5 Å². The lowest BCUT2D eigenvalue weighted by Gasteiger charge is -2.34. The van der Waals surface area contributed by atoms with Crippen molar-refractivity contribution in [2.24, 2.45) is 0 Å². The lowest BCUT2D eigenvalue weighted by molar-refractivity contribution is 0.0524. The topological polar surface area (TPSA) is 97.9 Å². The Kier molecular flexibility index (Phi) is 11.6. The zero-order valence-electron chi connectivity index (χ0n) is 19.7. The van der Waals surface area contributed by atoms with Gasteiger partial charge in [-0.25, -0.2) is 4.79 Å². The van der Waals surface area contributed by atoms with Crippen LogP contribution in [0.5, 0.6) is 5.88 Å². The summed E-state index contributed by atoms with van der Waals surface area (Å²) in [6, 6.07) is 0. The monoisotopic (exact) mass is 426 g/mol. The van der Waals surface area contributed by atoms with E-state index in [2.05, 4.69) is 20.2 Å². The molecule has 9 nitrogen and oxygen atoms in total. The van der Waals surface area contributed by atoms with Crippen molar-refractivity contribution in [1.29, 1.82) is 0 Å². The highest BCUT2D eigenvalue weighted by molar-refractivity contribution is 5.67. The average Bonchev–Trinajstić information content (AvgIpc) is 3.06. The third-order valence-corrected chi connectivity index (χ3v) is 4.59. The van der Waals surface area contributed by atoms with Gasteiger partial charge in [0.2, 0.25) is 0 Å². The second kappa shape index (κ2) is 13.3. The molecule has 0 bridgehead atoms. The van der Waals surface area contributed by atoms with E-state index < -0.39 is 5.60 Å². The summed E-state index contributed by atoms with van der Waals surface area (Å²) in [4.78, 5) is 16.6. The highest BCUT2D eigenvalue weighted by Crippen LogP contribution is 2.17. The molecule has 1 aromatic heterocycles. The first kappa shape index (κ1) is 26.0. The summed E-state index contributed by atoms with van der Waals surface area (Å²) in [6.45, 7) is 17.4. The number of nitrogen functional groups attached to an aromatic ring is 1. The molecule has 1 aliphatic rings. The van der Waals surface area contributed by atoms with Crippen molar-refractivity contribution in [2.75, 3.05) is 58.7 Å². The number of carbonyl (C=O) groups is 1. The van der Waals surface area contributed by atoms with Crippen LogP contribution in [-0.2, 0) is 11.3 Å². The summed E-state index contributed by atoms with van der Waals surface area (Å²) in [6.07, 6.45) is 3.45. The van der Waals surface area contributed by atoms with Crippen molar-refractivity contribution >= 4 is 11.8 Å². The van der Waals surface area contributed by atoms with Crippen LogP contribution in [0.4, 0.5) is 10.5 Å². The zero-order chi connectivity index (χ0) is 22.6. The summed E-state index contributed by atoms with van der Waals surface area (Å²) in [5, 5.41) is 7.12. The quantitative estimate of drug-likeness (QED) is 0.585. The molecule has 0 atom stereocenters. The van der Waals surface area contributed by atoms with Crippen LogP contribution < -0.4 is 15.8 Å². The number of aryl methyl sites for hydroxylation is 1. The molecule has 1 saturated heterocycles. The maximum Gasteiger partial charge on any atom is 0.407 e. The molecule has 0 aromatic carbocycles. The smallest absolute Gasteiger partial charge is 0.407 e. The van der Waals surface area contributed by atoms with Crippen molar-refractivity contribution in [1.82, 2.24) is 24.9 Å². The number of piperazine rings is 1. The Morgan fingerprint density at radius 2 is 1.67 bits per heavy atom. The fourth-order valence-electron chi connectivity index (χ4n) is 3.19. The molecule has 0 aliphatic carbocycles. The Hall–Kier alpha value is -2.00. The number of rotatable bonds is 9. The van der Waals surface area contributed by atoms with Gasteiger partial charge in [0.25, 0.3) is 5.88 Å². The second-order valence-corrected chi connectivity index (χ2v) is 8.18. The lowest BCUT2D eigenvalue weighted by atomic mass is 10.2. The van der Waals surface area contributed by atoms with Crippen molar-refractivity contribution < 1.29 is 14.3 Å². The maximum atomic E-state index is 11.6. The van der Waals surface area contributed by atoms with Gasteiger partial charge in [-0.05, 0) is 46.7 Å². The molecule has 0 unspecified atom stereocenters. The van der Waals surface area contributed by atoms with E-state index in [-0.39, 0.29) is 6.09 Å². The predicted octanol–water partition coefficient (Wildman–Crippen LogP) is 2.42. The largest absolute Gasteiger partial charge is 0.478 e. The van der Waals surface area contributed by atoms with Crippen molar-refractivity contribution in [3.05, 3.63) is 6.20 Å². The van der Waals surface area contributed by atoms with E-state index >= 15 is 0 Å². The lowest BCUT2D eigenvalue weighted by Crippen LogP contribution is -2.47. The molecule has 1 aromatic rings. The van der Waals surface area contributed by atoms with Gasteiger partial charge in [-0.1, -0.05) is 13.8 Å². The predicted molar refractivity (Wildman–Crippen MR) is 121 cm³/mol. The van der Waals surface area contributed by atoms with Crippen molar-refractivity contribution in [3.63, 3.8) is 0 Å². The third-order valence-electron chi connectivity index (χ3n) is 4.59. The van der Waals surface area contributed by atoms with Gasteiger partial charge in [0.1, 0.15) is 11.3 Å². The molecule has 1 fully saturated rings. The van der Waals surface area contributed by atoms with Gasteiger partial charge >= 0.3 is 6.09 Å². The van der Waals surface area contributed by atoms with Gasteiger partial charge in [0.05, 0.1) is 13.3 Å². The van der Waals surface area contributed by atoms with Gasteiger partial charge in [-0.2, -0.15) is 0 Å². The number of amides is 1. The summed E-state index contributed by atoms with van der Waals surface area (Å²) in [5.41, 5.74) is 5.95. The Bertz CT molecular complexity index is 606. The minimum atomic E-state index is -0.448. The molecule has 3 N–H and O–H groups in total. The number of methoxy groups -OCH3 is 1. The number of carbonyl (C=O) groups excluding carboxylic acids is 1. The first-order valence-corrected chi connectivity index (χ1v) is 11.1. The van der Waals surface area contributed by atoms with E-state index in [4.69, 9.17) is 15.2 Å². The van der Waals surface area contributed by atoms with E-state index in [9.17, 15) is 4.79 Å². The fraction of sp³-hybridized carbons (Fsp3) is 0.810. The van der Waals surface area contributed by atoms with Gasteiger partial charge in [0.15, 0.2) is 0 Å². The third kappa shape index (κ3) is 10.2. The SMILES string of the molecule is CC.COc1nn(CCCN2CCN(CCCNC(=O)OC(C)(C)C)CC2)cc1N. The van der Waals surface area contributed by atoms with Crippen LogP contribution in [0.25, 0.3) is 0 Å². The summed E-state index contributed by atoms with van der Waals surface area (Å²) in [7, 11) is 1.58. The van der Waals surface area contributed by atoms with Crippen LogP contribution in [0.3, 0.4) is 0 Å². The number of hydrogen-bond donors (Lipinski definition) is 2. The van der Waals surface area contributed by atoms with Crippen LogP contribution in [0.15, 0.2) is 6.20 Å². The molecule has 2 heterocycles. The van der Waals surface area contributed by atoms with Crippen molar-refractivity contribution in [3.8, 4) is 5.88 Å². The van der Waals surface area contributed by atoms with E-state index in [1.807, 2.05) is 45.5 Å². The molecule has 2 rings (SSSR count). The molecule has 0 spiro atoms. The Labute approximate surface area is 181 Å². The number of nitrogens with zero attached hydrogens (tertiary/aromatic N) is 4. The van der Waals surface area contributed by atoms with E-state index in [0.717, 1.165) is 58.7 Å². The first-order chi connectivity index (χ1) is 14.3. The molecular formula is C21H42N6O3. The van der Waals surface area contributed by atoms with Crippen LogP contribution >= 0.6 is 0 Å². The molecule has 1 aliphatic heterocycles. The summed E-state index contributed by atoms with van der Waals surface area (Å²) in [5.74, 6) is 0.495. The van der Waals surface area contributed by atoms with Crippen molar-refractivity contribution in [2.45, 2.75) is 59.6 Å². The molecular weight excluding hydrogens is 384 g/mol. The van der Waals surface area contributed by atoms with Gasteiger partial charge in [-0.15, -0.1) is 5.10 Å². The number of aromatic nitrogens is 2. The van der Waals surface area contributed by atoms with E-state index in [0.29, 0.717) is 18.1 Å². The second-order valence-electron chi connectivity index (χ2n) is 8.18. The van der Waals surface area contributed by atoms with Gasteiger partial charge in [0, 0.05) is 39.3 Å². The van der Waals surface area contributed by atoms with E-state index in [1.165, 1.54) is 0 Å². The zero-order valence-corrected chi connectivity index (χ0v) is 19.7. The summed E-state index contributed by atoms with van der Waals surface area (Å²) >= 11 is 0. The Morgan fingerprint density at radius 1 is 1.10 bits per heavy atom. The molecule has 0 radical (unpaired) electrons. The molecule has 30 heavy (non-hydrogen) atoms. The van der Waals surface area contributed by atoms with E-state index in [1.54, 1.807) is 7.11 Å². The Morgan fingerprint density at radius 3 is 2.17 bits per heavy atom. The number of alkyl carbamates (subject to hydrolysis) is 1. The van der Waals surface area contributed by atoms with Gasteiger partial charge in [-0.3, -0.25) is 4.68 Å². The van der Waals surface area contributed by atoms with Crippen LogP contribution in [0.2, 0.25) is 0 Å². The average molecular weight is 427 g/mol. The number of anilines is 1. The number of ether oxygens (including phenoxy) is 2. The normalized spacial score (nSPS) is 15.3. The minimum absolute atomic E-state index is 0.339. The molecule has 174 valence electrons. The molecule has 1 amide bonds. The number of nitrogens with one attached hydrogen (secondary N) is 1.